The van der Waals surface area contributed by atoms with E-state index in [4.69, 9.17) is 5.11 Å². The van der Waals surface area contributed by atoms with Crippen LogP contribution in [0.4, 0.5) is 0 Å². The van der Waals surface area contributed by atoms with Gasteiger partial charge in [-0.05, 0) is 43.4 Å². The predicted molar refractivity (Wildman–Crippen MR) is 74.3 cm³/mol. The Morgan fingerprint density at radius 1 is 1.50 bits per heavy atom. The first-order valence-electron chi connectivity index (χ1n) is 7.37. The number of hydrogen-bond donors (Lipinski definition) is 2. The fourth-order valence-corrected chi connectivity index (χ4v) is 3.11. The van der Waals surface area contributed by atoms with Crippen LogP contribution >= 0.6 is 0 Å². The van der Waals surface area contributed by atoms with Gasteiger partial charge in [-0.2, -0.15) is 0 Å². The number of nitrogens with one attached hydrogen (secondary N) is 1. The molecule has 1 aliphatic carbocycles. The second-order valence-corrected chi connectivity index (χ2v) is 6.52. The van der Waals surface area contributed by atoms with Gasteiger partial charge < -0.3 is 10.4 Å². The van der Waals surface area contributed by atoms with Gasteiger partial charge in [-0.25, -0.2) is 0 Å². The first-order valence-corrected chi connectivity index (χ1v) is 7.37. The van der Waals surface area contributed by atoms with E-state index in [0.717, 1.165) is 12.8 Å². The molecule has 1 aliphatic rings. The molecule has 2 atom stereocenters. The molecule has 3 nitrogen and oxygen atoms in total. The van der Waals surface area contributed by atoms with E-state index >= 15 is 0 Å². The number of hydrogen-bond acceptors (Lipinski definition) is 2. The van der Waals surface area contributed by atoms with E-state index in [1.165, 1.54) is 19.3 Å². The summed E-state index contributed by atoms with van der Waals surface area (Å²) in [6, 6.07) is 0.138. The Balaban J connectivity index is 2.35. The van der Waals surface area contributed by atoms with Gasteiger partial charge in [0.25, 0.3) is 0 Å². The van der Waals surface area contributed by atoms with Gasteiger partial charge in [-0.3, -0.25) is 4.79 Å². The third-order valence-corrected chi connectivity index (χ3v) is 4.12. The predicted octanol–water partition coefficient (Wildman–Crippen LogP) is 2.87. The summed E-state index contributed by atoms with van der Waals surface area (Å²) in [6.07, 6.45) is 7.10. The molecule has 0 aromatic heterocycles. The average Bonchev–Trinajstić information content (AvgIpc) is 2.26. The van der Waals surface area contributed by atoms with Crippen molar-refractivity contribution in [3.63, 3.8) is 0 Å². The van der Waals surface area contributed by atoms with Crippen LogP contribution in [0.3, 0.4) is 0 Å². The van der Waals surface area contributed by atoms with E-state index in [-0.39, 0.29) is 18.6 Å². The molecule has 1 saturated carbocycles. The molecule has 1 rings (SSSR count). The smallest absolute Gasteiger partial charge is 0.220 e. The Labute approximate surface area is 111 Å². The summed E-state index contributed by atoms with van der Waals surface area (Å²) in [6.45, 7) is 6.80. The Kier molecular flexibility index (Phi) is 6.13. The highest BCUT2D eigenvalue weighted by Gasteiger charge is 2.29. The van der Waals surface area contributed by atoms with Gasteiger partial charge in [-0.1, -0.05) is 27.2 Å². The van der Waals surface area contributed by atoms with Gasteiger partial charge in [0.1, 0.15) is 0 Å². The van der Waals surface area contributed by atoms with Crippen LogP contribution in [-0.2, 0) is 4.79 Å². The van der Waals surface area contributed by atoms with Crippen LogP contribution in [0.2, 0.25) is 0 Å². The Morgan fingerprint density at radius 2 is 2.22 bits per heavy atom. The first-order chi connectivity index (χ1) is 8.46. The highest BCUT2D eigenvalue weighted by atomic mass is 16.3. The molecule has 18 heavy (non-hydrogen) atoms. The Morgan fingerprint density at radius 3 is 2.78 bits per heavy atom. The summed E-state index contributed by atoms with van der Waals surface area (Å²) in [5.41, 5.74) is 0.401. The number of carbonyl (C=O) groups is 1. The standard InChI is InChI=1S/C15H29NO2/c1-4-13(7-9-17)16-14(18)10-12-6-5-8-15(2,3)11-12/h12-13,17H,4-11H2,1-3H3,(H,16,18). The zero-order valence-electron chi connectivity index (χ0n) is 12.2. The fourth-order valence-electron chi connectivity index (χ4n) is 3.11. The van der Waals surface area contributed by atoms with E-state index in [1.807, 2.05) is 6.92 Å². The number of carbonyl (C=O) groups excluding carboxylic acids is 1. The molecular weight excluding hydrogens is 226 g/mol. The molecular formula is C15H29NO2. The average molecular weight is 255 g/mol. The normalized spacial score (nSPS) is 24.6. The van der Waals surface area contributed by atoms with Gasteiger partial charge in [0.05, 0.1) is 0 Å². The summed E-state index contributed by atoms with van der Waals surface area (Å²) in [4.78, 5) is 12.0. The number of aliphatic hydroxyl groups is 1. The second-order valence-electron chi connectivity index (χ2n) is 6.52. The van der Waals surface area contributed by atoms with Crippen LogP contribution in [-0.4, -0.2) is 23.7 Å². The van der Waals surface area contributed by atoms with Crippen molar-refractivity contribution in [2.24, 2.45) is 11.3 Å². The first kappa shape index (κ1) is 15.5. The minimum absolute atomic E-state index is 0.138. The maximum Gasteiger partial charge on any atom is 0.220 e. The quantitative estimate of drug-likeness (QED) is 0.766. The molecule has 1 amide bonds. The summed E-state index contributed by atoms with van der Waals surface area (Å²) >= 11 is 0. The molecule has 3 heteroatoms. The van der Waals surface area contributed by atoms with Crippen molar-refractivity contribution in [2.75, 3.05) is 6.61 Å². The van der Waals surface area contributed by atoms with Crippen molar-refractivity contribution >= 4 is 5.91 Å². The lowest BCUT2D eigenvalue weighted by atomic mass is 9.71. The highest BCUT2D eigenvalue weighted by Crippen LogP contribution is 2.39. The van der Waals surface area contributed by atoms with Crippen LogP contribution < -0.4 is 5.32 Å². The second kappa shape index (κ2) is 7.13. The Hall–Kier alpha value is -0.570. The van der Waals surface area contributed by atoms with E-state index in [1.54, 1.807) is 0 Å². The molecule has 1 fully saturated rings. The van der Waals surface area contributed by atoms with Crippen molar-refractivity contribution in [3.05, 3.63) is 0 Å². The third kappa shape index (κ3) is 5.38. The molecule has 0 saturated heterocycles. The van der Waals surface area contributed by atoms with Crippen molar-refractivity contribution in [1.29, 1.82) is 0 Å². The van der Waals surface area contributed by atoms with Crippen molar-refractivity contribution in [3.8, 4) is 0 Å². The molecule has 2 N–H and O–H groups in total. The van der Waals surface area contributed by atoms with Crippen molar-refractivity contribution in [2.45, 2.75) is 71.8 Å². The summed E-state index contributed by atoms with van der Waals surface area (Å²) < 4.78 is 0. The van der Waals surface area contributed by atoms with Crippen LogP contribution in [0.1, 0.15) is 65.7 Å². The molecule has 0 heterocycles. The minimum Gasteiger partial charge on any atom is -0.396 e. The largest absolute Gasteiger partial charge is 0.396 e. The molecule has 106 valence electrons. The van der Waals surface area contributed by atoms with E-state index in [2.05, 4.69) is 19.2 Å². The van der Waals surface area contributed by atoms with Gasteiger partial charge in [-0.15, -0.1) is 0 Å². The highest BCUT2D eigenvalue weighted by molar-refractivity contribution is 5.76. The summed E-state index contributed by atoms with van der Waals surface area (Å²) in [7, 11) is 0. The maximum atomic E-state index is 12.0. The molecule has 0 aliphatic heterocycles. The zero-order valence-corrected chi connectivity index (χ0v) is 12.2. The molecule has 0 radical (unpaired) electrons. The molecule has 2 unspecified atom stereocenters. The monoisotopic (exact) mass is 255 g/mol. The van der Waals surface area contributed by atoms with Gasteiger partial charge in [0.2, 0.25) is 5.91 Å². The lowest BCUT2D eigenvalue weighted by Gasteiger charge is -2.35. The summed E-state index contributed by atoms with van der Waals surface area (Å²) in [5, 5.41) is 12.0. The van der Waals surface area contributed by atoms with Crippen LogP contribution in [0.25, 0.3) is 0 Å². The SMILES string of the molecule is CCC(CCO)NC(=O)CC1CCCC(C)(C)C1. The zero-order chi connectivity index (χ0) is 13.6. The lowest BCUT2D eigenvalue weighted by molar-refractivity contribution is -0.123. The minimum atomic E-state index is 0.138. The molecule has 0 spiro atoms. The van der Waals surface area contributed by atoms with E-state index in [0.29, 0.717) is 24.2 Å². The van der Waals surface area contributed by atoms with E-state index < -0.39 is 0 Å². The fraction of sp³-hybridized carbons (Fsp3) is 0.933. The van der Waals surface area contributed by atoms with E-state index in [9.17, 15) is 4.79 Å². The van der Waals surface area contributed by atoms with Gasteiger partial charge >= 0.3 is 0 Å². The summed E-state index contributed by atoms with van der Waals surface area (Å²) in [5.74, 6) is 0.707. The molecule has 0 bridgehead atoms. The van der Waals surface area contributed by atoms with Crippen LogP contribution in [0.5, 0.6) is 0 Å². The van der Waals surface area contributed by atoms with Crippen LogP contribution in [0, 0.1) is 11.3 Å². The van der Waals surface area contributed by atoms with Crippen molar-refractivity contribution < 1.29 is 9.90 Å². The Bertz CT molecular complexity index is 263. The van der Waals surface area contributed by atoms with Gasteiger partial charge in [0, 0.05) is 19.1 Å². The van der Waals surface area contributed by atoms with Crippen LogP contribution in [0.15, 0.2) is 0 Å². The number of aliphatic hydroxyl groups excluding tert-OH is 1. The molecule has 0 aromatic rings. The maximum absolute atomic E-state index is 12.0. The number of rotatable bonds is 6. The topological polar surface area (TPSA) is 49.3 Å². The van der Waals surface area contributed by atoms with Gasteiger partial charge in [0.15, 0.2) is 0 Å². The number of amides is 1. The third-order valence-electron chi connectivity index (χ3n) is 4.12. The van der Waals surface area contributed by atoms with Crippen molar-refractivity contribution in [1.82, 2.24) is 5.32 Å². The lowest BCUT2D eigenvalue weighted by Crippen LogP contribution is -2.37. The molecule has 0 aromatic carbocycles.